The molecule has 0 aromatic heterocycles. The van der Waals surface area contributed by atoms with Crippen molar-refractivity contribution in [1.82, 2.24) is 0 Å². The van der Waals surface area contributed by atoms with Crippen LogP contribution in [-0.2, 0) is 19.2 Å². The summed E-state index contributed by atoms with van der Waals surface area (Å²) in [4.78, 5) is 50.7. The Morgan fingerprint density at radius 3 is 1.98 bits per heavy atom. The molecule has 8 nitrogen and oxygen atoms in total. The second-order valence-electron chi connectivity index (χ2n) is 12.4. The first-order chi connectivity index (χ1) is 24.2. The van der Waals surface area contributed by atoms with Crippen molar-refractivity contribution in [2.24, 2.45) is 17.8 Å². The summed E-state index contributed by atoms with van der Waals surface area (Å²) in [7, 11) is 0. The molecule has 4 amide bonds. The van der Waals surface area contributed by atoms with E-state index in [-0.39, 0.29) is 22.7 Å². The van der Waals surface area contributed by atoms with E-state index in [4.69, 9.17) is 34.8 Å². The molecule has 0 radical (unpaired) electrons. The van der Waals surface area contributed by atoms with Crippen LogP contribution in [0.15, 0.2) is 54.1 Å². The SMILES string of the molecule is O=C1[C@H]2[C@H](CC=C3[C@H]2C[C@@]2(Cl)C(=O)N(c4c(F)c(F)c(F)c(F)c4F)C(=O)[C@@]2(Cl)[C@H]3c2cc(OC(F)(F)F)ccc2O)C(=O)N1c1ccc(Cl)cc1. The highest BCUT2D eigenvalue weighted by Gasteiger charge is 2.77. The van der Waals surface area contributed by atoms with Gasteiger partial charge in [0.1, 0.15) is 17.2 Å². The number of alkyl halides is 5. The van der Waals surface area contributed by atoms with E-state index < -0.39 is 127 Å². The van der Waals surface area contributed by atoms with E-state index in [1.807, 2.05) is 0 Å². The maximum Gasteiger partial charge on any atom is 0.573 e. The van der Waals surface area contributed by atoms with Gasteiger partial charge >= 0.3 is 6.36 Å². The lowest BCUT2D eigenvalue weighted by Gasteiger charge is -2.50. The predicted octanol–water partition coefficient (Wildman–Crippen LogP) is 7.41. The smallest absolute Gasteiger partial charge is 0.508 e. The summed E-state index contributed by atoms with van der Waals surface area (Å²) < 4.78 is 117. The highest BCUT2D eigenvalue weighted by atomic mass is 35.5. The van der Waals surface area contributed by atoms with Gasteiger partial charge < -0.3 is 9.84 Å². The van der Waals surface area contributed by atoms with E-state index >= 15 is 8.78 Å². The number of phenolic OH excluding ortho intramolecular Hbond substituents is 1. The van der Waals surface area contributed by atoms with Crippen LogP contribution in [0.25, 0.3) is 0 Å². The van der Waals surface area contributed by atoms with E-state index in [0.717, 1.165) is 4.90 Å². The van der Waals surface area contributed by atoms with Crippen LogP contribution in [0, 0.1) is 46.8 Å². The van der Waals surface area contributed by atoms with Crippen LogP contribution in [0.4, 0.5) is 46.5 Å². The molecular formula is C33H17Cl3F8N2O6. The Kier molecular flexibility index (Phi) is 8.16. The zero-order valence-corrected chi connectivity index (χ0v) is 27.7. The topological polar surface area (TPSA) is 104 Å². The summed E-state index contributed by atoms with van der Waals surface area (Å²) in [6.07, 6.45) is -5.11. The van der Waals surface area contributed by atoms with Crippen LogP contribution in [0.3, 0.4) is 0 Å². The molecule has 6 atom stereocenters. The molecule has 19 heteroatoms. The average Bonchev–Trinajstić information content (AvgIpc) is 3.42. The normalized spacial score (nSPS) is 28.6. The van der Waals surface area contributed by atoms with E-state index in [2.05, 4.69) is 4.74 Å². The summed E-state index contributed by atoms with van der Waals surface area (Å²) in [5.41, 5.74) is -2.72. The van der Waals surface area contributed by atoms with E-state index in [1.165, 1.54) is 30.3 Å². The van der Waals surface area contributed by atoms with Crippen LogP contribution >= 0.6 is 34.8 Å². The van der Waals surface area contributed by atoms with E-state index in [1.54, 1.807) is 0 Å². The lowest BCUT2D eigenvalue weighted by atomic mass is 9.56. The Bertz CT molecular complexity index is 2140. The minimum Gasteiger partial charge on any atom is -0.508 e. The van der Waals surface area contributed by atoms with Gasteiger partial charge in [-0.15, -0.1) is 36.4 Å². The number of ether oxygens (including phenoxy) is 1. The van der Waals surface area contributed by atoms with Crippen molar-refractivity contribution in [1.29, 1.82) is 0 Å². The van der Waals surface area contributed by atoms with Crippen molar-refractivity contribution < 1.29 is 64.1 Å². The van der Waals surface area contributed by atoms with Crippen LogP contribution in [0.2, 0.25) is 5.02 Å². The first-order valence-corrected chi connectivity index (χ1v) is 16.1. The molecule has 272 valence electrons. The number of benzene rings is 3. The molecule has 2 heterocycles. The Labute approximate surface area is 301 Å². The number of halogens is 11. The molecule has 4 aliphatic rings. The number of aromatic hydroxyl groups is 1. The fraction of sp³-hybridized carbons (Fsp3) is 0.273. The Hall–Kier alpha value is -4.41. The zero-order chi connectivity index (χ0) is 38.0. The second-order valence-corrected chi connectivity index (χ2v) is 14.1. The molecule has 0 unspecified atom stereocenters. The Balaban J connectivity index is 1.45. The predicted molar refractivity (Wildman–Crippen MR) is 165 cm³/mol. The molecule has 1 saturated carbocycles. The number of hydrogen-bond donors (Lipinski definition) is 1. The third-order valence-electron chi connectivity index (χ3n) is 9.85. The lowest BCUT2D eigenvalue weighted by molar-refractivity contribution is -0.274. The maximum atomic E-state index is 15.2. The van der Waals surface area contributed by atoms with Crippen LogP contribution < -0.4 is 14.5 Å². The van der Waals surface area contributed by atoms with Gasteiger partial charge in [-0.1, -0.05) is 23.3 Å². The zero-order valence-electron chi connectivity index (χ0n) is 25.4. The van der Waals surface area contributed by atoms with Gasteiger partial charge in [-0.25, -0.2) is 26.9 Å². The third-order valence-corrected chi connectivity index (χ3v) is 11.5. The highest BCUT2D eigenvalue weighted by Crippen LogP contribution is 2.67. The number of phenols is 1. The molecule has 0 bridgehead atoms. The molecule has 3 fully saturated rings. The molecule has 0 spiro atoms. The van der Waals surface area contributed by atoms with Gasteiger partial charge in [0.05, 0.1) is 17.5 Å². The summed E-state index contributed by atoms with van der Waals surface area (Å²) >= 11 is 19.9. The summed E-state index contributed by atoms with van der Waals surface area (Å²) in [6.45, 7) is 0. The fourth-order valence-corrected chi connectivity index (χ4v) is 8.77. The lowest BCUT2D eigenvalue weighted by Crippen LogP contribution is -2.60. The number of hydrogen-bond acceptors (Lipinski definition) is 6. The minimum atomic E-state index is -5.29. The van der Waals surface area contributed by atoms with Crippen molar-refractivity contribution >= 4 is 69.8 Å². The largest absolute Gasteiger partial charge is 0.573 e. The van der Waals surface area contributed by atoms with Gasteiger partial charge in [-0.3, -0.25) is 24.1 Å². The van der Waals surface area contributed by atoms with Gasteiger partial charge in [0.15, 0.2) is 33.0 Å². The van der Waals surface area contributed by atoms with Crippen molar-refractivity contribution in [3.63, 3.8) is 0 Å². The molecule has 3 aromatic rings. The van der Waals surface area contributed by atoms with E-state index in [9.17, 15) is 50.6 Å². The monoisotopic (exact) mass is 794 g/mol. The first-order valence-electron chi connectivity index (χ1n) is 14.9. The summed E-state index contributed by atoms with van der Waals surface area (Å²) in [5.74, 6) is -26.0. The number of carbonyl (C=O) groups excluding carboxylic acids is 4. The highest BCUT2D eigenvalue weighted by molar-refractivity contribution is 6.58. The van der Waals surface area contributed by atoms with Gasteiger partial charge in [0, 0.05) is 16.5 Å². The number of amides is 4. The quantitative estimate of drug-likeness (QED) is 0.0738. The third kappa shape index (κ3) is 4.86. The number of rotatable bonds is 4. The van der Waals surface area contributed by atoms with E-state index in [0.29, 0.717) is 18.2 Å². The molecule has 1 N–H and O–H groups in total. The number of nitrogens with zero attached hydrogens (tertiary/aromatic N) is 2. The van der Waals surface area contributed by atoms with Crippen LogP contribution in [0.5, 0.6) is 11.5 Å². The van der Waals surface area contributed by atoms with Crippen molar-refractivity contribution in [2.45, 2.75) is 34.9 Å². The van der Waals surface area contributed by atoms with Gasteiger partial charge in [0.25, 0.3) is 11.8 Å². The minimum absolute atomic E-state index is 0.0919. The Morgan fingerprint density at radius 1 is 0.788 bits per heavy atom. The average molecular weight is 796 g/mol. The van der Waals surface area contributed by atoms with Gasteiger partial charge in [-0.2, -0.15) is 0 Å². The first kappa shape index (κ1) is 36.0. The molecule has 3 aromatic carbocycles. The standard InChI is InChI=1S/C33H17Cl3F8N2O6/c34-11-1-3-12(4-2-11)45-27(48)15-7-6-14-17(19(15)28(45)49)10-31(35)29(50)46(26-24(40)22(38)21(37)23(39)25(26)41)30(51)32(31,36)20(14)16-9-13(5-8-18(16)47)52-33(42,43)44/h1-6,8-9,15,17,19-20,47H,7,10H2/t15-,17+,19-,20+,31+,32-/m0/s1. The van der Waals surface area contributed by atoms with Crippen LogP contribution in [-0.4, -0.2) is 44.8 Å². The summed E-state index contributed by atoms with van der Waals surface area (Å²) in [6, 6.07) is 7.49. The molecule has 7 rings (SSSR count). The molecule has 2 aliphatic heterocycles. The number of anilines is 2. The van der Waals surface area contributed by atoms with Gasteiger partial charge in [-0.05, 0) is 61.2 Å². The summed E-state index contributed by atoms with van der Waals surface area (Å²) in [5, 5.41) is 11.3. The number of imide groups is 2. The Morgan fingerprint density at radius 2 is 1.38 bits per heavy atom. The van der Waals surface area contributed by atoms with Crippen LogP contribution in [0.1, 0.15) is 24.3 Å². The number of allylic oxidation sites excluding steroid dienone is 2. The number of carbonyl (C=O) groups is 4. The fourth-order valence-electron chi connectivity index (χ4n) is 7.72. The van der Waals surface area contributed by atoms with Gasteiger partial charge in [0.2, 0.25) is 17.6 Å². The van der Waals surface area contributed by atoms with Crippen molar-refractivity contribution in [3.8, 4) is 11.5 Å². The molecule has 2 saturated heterocycles. The molecule has 52 heavy (non-hydrogen) atoms. The molecule has 2 aliphatic carbocycles. The number of fused-ring (bicyclic) bond motifs is 4. The van der Waals surface area contributed by atoms with Crippen molar-refractivity contribution in [3.05, 3.63) is 93.8 Å². The van der Waals surface area contributed by atoms with Crippen molar-refractivity contribution in [2.75, 3.05) is 9.80 Å². The molecular weight excluding hydrogens is 779 g/mol. The maximum absolute atomic E-state index is 15.2. The second kappa shape index (κ2) is 11.8.